The van der Waals surface area contributed by atoms with E-state index in [1.165, 1.54) is 12.8 Å². The van der Waals surface area contributed by atoms with Crippen LogP contribution in [0.3, 0.4) is 0 Å². The van der Waals surface area contributed by atoms with Crippen LogP contribution in [0.25, 0.3) is 0 Å². The van der Waals surface area contributed by atoms with Gasteiger partial charge in [0, 0.05) is 37.5 Å². The molecular weight excluding hydrogens is 252 g/mol. The molecule has 2 heterocycles. The summed E-state index contributed by atoms with van der Waals surface area (Å²) in [6.45, 7) is 9.21. The van der Waals surface area contributed by atoms with Crippen molar-refractivity contribution in [3.8, 4) is 0 Å². The van der Waals surface area contributed by atoms with Gasteiger partial charge in [-0.2, -0.15) is 0 Å². The second kappa shape index (κ2) is 7.78. The van der Waals surface area contributed by atoms with Crippen molar-refractivity contribution in [2.45, 2.75) is 40.5 Å². The monoisotopic (exact) mass is 276 g/mol. The fraction of sp³-hybridized carbons (Fsp3) is 0.562. The highest BCUT2D eigenvalue weighted by atomic mass is 16.2. The third-order valence-electron chi connectivity index (χ3n) is 3.62. The maximum atomic E-state index is 10.8. The first-order valence-electron chi connectivity index (χ1n) is 7.10. The van der Waals surface area contributed by atoms with E-state index in [0.717, 1.165) is 24.7 Å². The van der Waals surface area contributed by atoms with Crippen molar-refractivity contribution in [3.05, 3.63) is 29.6 Å². The van der Waals surface area contributed by atoms with Gasteiger partial charge < -0.3 is 4.90 Å². The topological polar surface area (TPSA) is 50.3 Å². The summed E-state index contributed by atoms with van der Waals surface area (Å²) in [7, 11) is 0. The van der Waals surface area contributed by atoms with Gasteiger partial charge in [-0.15, -0.1) is 0 Å². The van der Waals surface area contributed by atoms with Crippen LogP contribution >= 0.6 is 0 Å². The Morgan fingerprint density at radius 2 is 1.85 bits per heavy atom. The van der Waals surface area contributed by atoms with E-state index in [2.05, 4.69) is 11.9 Å². The second-order valence-electron chi connectivity index (χ2n) is 5.38. The fourth-order valence-corrected chi connectivity index (χ4v) is 2.18. The number of likely N-dealkylation sites (tertiary alicyclic amines) is 1. The van der Waals surface area contributed by atoms with Crippen LogP contribution in [0.1, 0.15) is 49.7 Å². The summed E-state index contributed by atoms with van der Waals surface area (Å²) in [5.74, 6) is 1.12. The Bertz CT molecular complexity index is 463. The van der Waals surface area contributed by atoms with Crippen molar-refractivity contribution < 1.29 is 9.59 Å². The average molecular weight is 276 g/mol. The summed E-state index contributed by atoms with van der Waals surface area (Å²) in [6.07, 6.45) is 4.04. The third kappa shape index (κ3) is 5.11. The Morgan fingerprint density at radius 1 is 1.25 bits per heavy atom. The molecule has 1 saturated heterocycles. The molecule has 1 amide bonds. The van der Waals surface area contributed by atoms with Gasteiger partial charge in [-0.3, -0.25) is 14.6 Å². The molecule has 1 aliphatic rings. The van der Waals surface area contributed by atoms with E-state index in [4.69, 9.17) is 0 Å². The van der Waals surface area contributed by atoms with Crippen LogP contribution in [0.15, 0.2) is 18.3 Å². The van der Waals surface area contributed by atoms with Crippen molar-refractivity contribution in [1.29, 1.82) is 0 Å². The number of hydrogen-bond acceptors (Lipinski definition) is 3. The predicted molar refractivity (Wildman–Crippen MR) is 79.6 cm³/mol. The standard InChI is InChI=1S/C8H15NO.C8H9NO/c1-7-3-5-9(6-4-7)8(2)10;1-6-8(7(2)10)4-3-5-9-6/h7H,3-6H2,1-2H3;3-5H,1-2H3. The molecular formula is C16H24N2O2. The number of ketones is 1. The molecule has 2 rings (SSSR count). The minimum Gasteiger partial charge on any atom is -0.343 e. The Hall–Kier alpha value is -1.71. The van der Waals surface area contributed by atoms with Crippen LogP contribution in [0.5, 0.6) is 0 Å². The number of carbonyl (C=O) groups excluding carboxylic acids is 2. The molecule has 4 nitrogen and oxygen atoms in total. The molecule has 0 aromatic carbocycles. The summed E-state index contributed by atoms with van der Waals surface area (Å²) in [6, 6.07) is 3.55. The van der Waals surface area contributed by atoms with Crippen LogP contribution in [-0.2, 0) is 4.79 Å². The van der Waals surface area contributed by atoms with Crippen LogP contribution in [0.4, 0.5) is 0 Å². The summed E-state index contributed by atoms with van der Waals surface area (Å²) in [4.78, 5) is 27.6. The van der Waals surface area contributed by atoms with Crippen molar-refractivity contribution in [2.75, 3.05) is 13.1 Å². The van der Waals surface area contributed by atoms with E-state index >= 15 is 0 Å². The number of Topliss-reactive ketones (excluding diaryl/α,β-unsaturated/α-hetero) is 1. The summed E-state index contributed by atoms with van der Waals surface area (Å²) >= 11 is 0. The lowest BCUT2D eigenvalue weighted by molar-refractivity contribution is -0.130. The molecule has 0 radical (unpaired) electrons. The van der Waals surface area contributed by atoms with E-state index in [-0.39, 0.29) is 11.7 Å². The first-order chi connectivity index (χ1) is 9.41. The Kier molecular flexibility index (Phi) is 6.36. The molecule has 0 spiro atoms. The molecule has 0 atom stereocenters. The molecule has 0 N–H and O–H groups in total. The zero-order valence-electron chi connectivity index (χ0n) is 12.8. The van der Waals surface area contributed by atoms with Gasteiger partial charge in [0.05, 0.1) is 0 Å². The van der Waals surface area contributed by atoms with Crippen LogP contribution in [0, 0.1) is 12.8 Å². The Labute approximate surface area is 121 Å². The van der Waals surface area contributed by atoms with E-state index in [9.17, 15) is 9.59 Å². The molecule has 0 bridgehead atoms. The minimum absolute atomic E-state index is 0.0746. The highest BCUT2D eigenvalue weighted by Gasteiger charge is 2.16. The van der Waals surface area contributed by atoms with Gasteiger partial charge in [-0.05, 0) is 44.7 Å². The highest BCUT2D eigenvalue weighted by molar-refractivity contribution is 5.94. The average Bonchev–Trinajstić information content (AvgIpc) is 2.40. The molecule has 4 heteroatoms. The molecule has 1 fully saturated rings. The van der Waals surface area contributed by atoms with Crippen molar-refractivity contribution >= 4 is 11.7 Å². The smallest absolute Gasteiger partial charge is 0.219 e. The predicted octanol–water partition coefficient (Wildman–Crippen LogP) is 2.86. The van der Waals surface area contributed by atoms with E-state index in [1.54, 1.807) is 32.2 Å². The lowest BCUT2D eigenvalue weighted by Gasteiger charge is -2.29. The van der Waals surface area contributed by atoms with E-state index in [0.29, 0.717) is 5.56 Å². The number of rotatable bonds is 1. The number of piperidine rings is 1. The van der Waals surface area contributed by atoms with Gasteiger partial charge in [0.1, 0.15) is 0 Å². The zero-order chi connectivity index (χ0) is 15.1. The Balaban J connectivity index is 0.000000200. The molecule has 110 valence electrons. The van der Waals surface area contributed by atoms with Gasteiger partial charge in [-0.25, -0.2) is 0 Å². The van der Waals surface area contributed by atoms with Crippen LogP contribution in [0.2, 0.25) is 0 Å². The number of carbonyl (C=O) groups is 2. The largest absolute Gasteiger partial charge is 0.343 e. The molecule has 1 aliphatic heterocycles. The summed E-state index contributed by atoms with van der Waals surface area (Å²) in [5, 5.41) is 0. The molecule has 20 heavy (non-hydrogen) atoms. The maximum Gasteiger partial charge on any atom is 0.219 e. The first-order valence-corrected chi connectivity index (χ1v) is 7.10. The minimum atomic E-state index is 0.0746. The van der Waals surface area contributed by atoms with Gasteiger partial charge in [0.25, 0.3) is 0 Å². The zero-order valence-corrected chi connectivity index (χ0v) is 12.8. The van der Waals surface area contributed by atoms with E-state index < -0.39 is 0 Å². The fourth-order valence-electron chi connectivity index (χ4n) is 2.18. The molecule has 1 aromatic heterocycles. The number of aryl methyl sites for hydroxylation is 1. The van der Waals surface area contributed by atoms with E-state index in [1.807, 2.05) is 11.8 Å². The molecule has 0 saturated carbocycles. The number of nitrogens with zero attached hydrogens (tertiary/aromatic N) is 2. The number of amides is 1. The van der Waals surface area contributed by atoms with Crippen molar-refractivity contribution in [1.82, 2.24) is 9.88 Å². The first kappa shape index (κ1) is 16.3. The lowest BCUT2D eigenvalue weighted by atomic mass is 9.99. The normalized spacial score (nSPS) is 15.3. The van der Waals surface area contributed by atoms with Gasteiger partial charge in [0.2, 0.25) is 5.91 Å². The summed E-state index contributed by atoms with van der Waals surface area (Å²) < 4.78 is 0. The third-order valence-corrected chi connectivity index (χ3v) is 3.62. The number of hydrogen-bond donors (Lipinski definition) is 0. The SMILES string of the molecule is CC(=O)N1CCC(C)CC1.CC(=O)c1cccnc1C. The Morgan fingerprint density at radius 3 is 2.25 bits per heavy atom. The maximum absolute atomic E-state index is 10.8. The van der Waals surface area contributed by atoms with Gasteiger partial charge >= 0.3 is 0 Å². The molecule has 1 aromatic rings. The number of pyridine rings is 1. The second-order valence-corrected chi connectivity index (χ2v) is 5.38. The summed E-state index contributed by atoms with van der Waals surface area (Å²) in [5.41, 5.74) is 1.51. The molecule has 0 aliphatic carbocycles. The van der Waals surface area contributed by atoms with Gasteiger partial charge in [0.15, 0.2) is 5.78 Å². The molecule has 0 unspecified atom stereocenters. The van der Waals surface area contributed by atoms with Crippen LogP contribution < -0.4 is 0 Å². The van der Waals surface area contributed by atoms with Gasteiger partial charge in [-0.1, -0.05) is 6.92 Å². The number of aromatic nitrogens is 1. The van der Waals surface area contributed by atoms with Crippen molar-refractivity contribution in [3.63, 3.8) is 0 Å². The highest BCUT2D eigenvalue weighted by Crippen LogP contribution is 2.15. The lowest BCUT2D eigenvalue weighted by Crippen LogP contribution is -2.36. The quantitative estimate of drug-likeness (QED) is 0.741. The van der Waals surface area contributed by atoms with Crippen LogP contribution in [-0.4, -0.2) is 34.7 Å². The van der Waals surface area contributed by atoms with Crippen molar-refractivity contribution in [2.24, 2.45) is 5.92 Å².